The number of thiophene rings is 1. The zero-order valence-electron chi connectivity index (χ0n) is 16.0. The number of amides is 1. The van der Waals surface area contributed by atoms with Crippen LogP contribution in [0.4, 0.5) is 0 Å². The van der Waals surface area contributed by atoms with Gasteiger partial charge in [-0.05, 0) is 41.6 Å². The zero-order valence-corrected chi connectivity index (χ0v) is 17.6. The van der Waals surface area contributed by atoms with Crippen molar-refractivity contribution < 1.29 is 9.63 Å². The fourth-order valence-corrected chi connectivity index (χ4v) is 4.22. The Bertz CT molecular complexity index is 1020. The first-order valence-corrected chi connectivity index (χ1v) is 10.7. The Morgan fingerprint density at radius 1 is 1.21 bits per heavy atom. The number of halogens is 1. The lowest BCUT2D eigenvalue weighted by atomic mass is 10.0. The maximum atomic E-state index is 13.1. The first-order valence-electron chi connectivity index (χ1n) is 9.45. The number of hydrogen-bond donors (Lipinski definition) is 0. The van der Waals surface area contributed by atoms with Crippen LogP contribution in [-0.2, 0) is 11.4 Å². The Morgan fingerprint density at radius 3 is 2.76 bits per heavy atom. The highest BCUT2D eigenvalue weighted by Gasteiger charge is 2.27. The number of benzene rings is 2. The van der Waals surface area contributed by atoms with Gasteiger partial charge in [-0.1, -0.05) is 64.8 Å². The average Bonchev–Trinajstić information content (AvgIpc) is 3.40. The van der Waals surface area contributed by atoms with Crippen LogP contribution in [0.15, 0.2) is 71.2 Å². The van der Waals surface area contributed by atoms with Crippen molar-refractivity contribution in [3.05, 3.63) is 92.6 Å². The van der Waals surface area contributed by atoms with E-state index in [0.717, 1.165) is 16.8 Å². The van der Waals surface area contributed by atoms with E-state index >= 15 is 0 Å². The second-order valence-corrected chi connectivity index (χ2v) is 8.51. The molecule has 2 heterocycles. The molecule has 0 aliphatic carbocycles. The van der Waals surface area contributed by atoms with E-state index < -0.39 is 0 Å². The fourth-order valence-electron chi connectivity index (χ4n) is 3.32. The summed E-state index contributed by atoms with van der Waals surface area (Å²) in [5, 5.41) is 6.85. The molecule has 6 heteroatoms. The van der Waals surface area contributed by atoms with Crippen molar-refractivity contribution >= 4 is 34.6 Å². The van der Waals surface area contributed by atoms with Gasteiger partial charge in [0.1, 0.15) is 0 Å². The maximum Gasteiger partial charge on any atom is 0.264 e. The van der Waals surface area contributed by atoms with E-state index in [0.29, 0.717) is 29.4 Å². The van der Waals surface area contributed by atoms with Crippen molar-refractivity contribution in [3.8, 4) is 0 Å². The van der Waals surface area contributed by atoms with Gasteiger partial charge in [0, 0.05) is 18.0 Å². The number of rotatable bonds is 6. The number of oxime groups is 1. The number of carbonyl (C=O) groups excluding carboxylic acids is 1. The molecule has 148 valence electrons. The topological polar surface area (TPSA) is 41.9 Å². The van der Waals surface area contributed by atoms with Gasteiger partial charge in [-0.15, -0.1) is 11.3 Å². The van der Waals surface area contributed by atoms with Crippen LogP contribution in [0.2, 0.25) is 5.02 Å². The predicted molar refractivity (Wildman–Crippen MR) is 118 cm³/mol. The van der Waals surface area contributed by atoms with E-state index in [1.165, 1.54) is 16.9 Å². The van der Waals surface area contributed by atoms with Gasteiger partial charge in [0.05, 0.1) is 17.1 Å². The molecule has 1 aliphatic heterocycles. The molecule has 0 radical (unpaired) electrons. The second-order valence-electron chi connectivity index (χ2n) is 7.13. The lowest BCUT2D eigenvalue weighted by Crippen LogP contribution is -2.37. The molecule has 0 N–H and O–H groups in total. The number of nitrogens with zero attached hydrogens (tertiary/aromatic N) is 2. The summed E-state index contributed by atoms with van der Waals surface area (Å²) in [6.45, 7) is 2.99. The Hall–Kier alpha value is -2.63. The van der Waals surface area contributed by atoms with Crippen LogP contribution >= 0.6 is 22.9 Å². The van der Waals surface area contributed by atoms with Gasteiger partial charge in [0.15, 0.2) is 6.10 Å². The van der Waals surface area contributed by atoms with E-state index in [4.69, 9.17) is 16.4 Å². The van der Waals surface area contributed by atoms with Crippen LogP contribution < -0.4 is 0 Å². The molecule has 1 atom stereocenters. The summed E-state index contributed by atoms with van der Waals surface area (Å²) < 4.78 is 0. The minimum atomic E-state index is -0.172. The Balaban J connectivity index is 1.48. The number of hydrogen-bond acceptors (Lipinski definition) is 4. The standard InChI is InChI=1S/C23H21ClN2O2S/c1-16-7-9-18(10-8-16)21-13-20(28-25-21)15-26(23(27)22-6-3-11-29-22)14-17-4-2-5-19(24)12-17/h2-12,20H,13-15H2,1H3/t20-/m1/s1. The van der Waals surface area contributed by atoms with E-state index in [1.54, 1.807) is 0 Å². The highest BCUT2D eigenvalue weighted by atomic mass is 35.5. The van der Waals surface area contributed by atoms with Gasteiger partial charge in [-0.25, -0.2) is 0 Å². The van der Waals surface area contributed by atoms with Crippen molar-refractivity contribution in [2.45, 2.75) is 26.0 Å². The van der Waals surface area contributed by atoms with Crippen molar-refractivity contribution in [1.82, 2.24) is 4.90 Å². The smallest absolute Gasteiger partial charge is 0.264 e. The molecule has 0 fully saturated rings. The summed E-state index contributed by atoms with van der Waals surface area (Å²) >= 11 is 7.57. The lowest BCUT2D eigenvalue weighted by molar-refractivity contribution is 0.0408. The second kappa shape index (κ2) is 8.80. The molecular weight excluding hydrogens is 404 g/mol. The third-order valence-corrected chi connectivity index (χ3v) is 5.92. The van der Waals surface area contributed by atoms with Gasteiger partial charge < -0.3 is 9.74 Å². The summed E-state index contributed by atoms with van der Waals surface area (Å²) in [4.78, 5) is 21.3. The van der Waals surface area contributed by atoms with Gasteiger partial charge >= 0.3 is 0 Å². The van der Waals surface area contributed by atoms with Gasteiger partial charge in [-0.2, -0.15) is 0 Å². The lowest BCUT2D eigenvalue weighted by Gasteiger charge is -2.24. The van der Waals surface area contributed by atoms with Crippen molar-refractivity contribution in [1.29, 1.82) is 0 Å². The van der Waals surface area contributed by atoms with Crippen molar-refractivity contribution in [2.24, 2.45) is 5.16 Å². The first-order chi connectivity index (χ1) is 14.1. The van der Waals surface area contributed by atoms with E-state index in [2.05, 4.69) is 36.3 Å². The van der Waals surface area contributed by atoms with Gasteiger partial charge in [-0.3, -0.25) is 4.79 Å². The van der Waals surface area contributed by atoms with Gasteiger partial charge in [0.25, 0.3) is 5.91 Å². The normalized spacial score (nSPS) is 15.7. The van der Waals surface area contributed by atoms with E-state index in [-0.39, 0.29) is 12.0 Å². The molecule has 0 saturated carbocycles. The number of aryl methyl sites for hydroxylation is 1. The van der Waals surface area contributed by atoms with Crippen LogP contribution in [-0.4, -0.2) is 29.2 Å². The van der Waals surface area contributed by atoms with Crippen LogP contribution in [0.3, 0.4) is 0 Å². The Labute approximate surface area is 179 Å². The van der Waals surface area contributed by atoms with Crippen molar-refractivity contribution in [3.63, 3.8) is 0 Å². The Morgan fingerprint density at radius 2 is 2.03 bits per heavy atom. The summed E-state index contributed by atoms with van der Waals surface area (Å²) in [6, 6.07) is 19.6. The van der Waals surface area contributed by atoms with Crippen LogP contribution in [0.1, 0.15) is 32.8 Å². The average molecular weight is 425 g/mol. The molecule has 4 rings (SSSR count). The van der Waals surface area contributed by atoms with Crippen LogP contribution in [0, 0.1) is 6.92 Å². The number of carbonyl (C=O) groups is 1. The highest BCUT2D eigenvalue weighted by molar-refractivity contribution is 7.12. The van der Waals surface area contributed by atoms with Gasteiger partial charge in [0.2, 0.25) is 0 Å². The minimum Gasteiger partial charge on any atom is -0.390 e. The molecule has 29 heavy (non-hydrogen) atoms. The molecule has 1 amide bonds. The third-order valence-electron chi connectivity index (χ3n) is 4.82. The third kappa shape index (κ3) is 4.86. The first kappa shape index (κ1) is 19.7. The zero-order chi connectivity index (χ0) is 20.2. The molecule has 0 spiro atoms. The largest absolute Gasteiger partial charge is 0.390 e. The van der Waals surface area contributed by atoms with E-state index in [9.17, 15) is 4.79 Å². The summed E-state index contributed by atoms with van der Waals surface area (Å²) in [5.74, 6) is -0.00707. The molecule has 4 nitrogen and oxygen atoms in total. The quantitative estimate of drug-likeness (QED) is 0.520. The minimum absolute atomic E-state index is 0.00707. The molecule has 0 bridgehead atoms. The van der Waals surface area contributed by atoms with E-state index in [1.807, 2.05) is 46.7 Å². The fraction of sp³-hybridized carbons (Fsp3) is 0.217. The van der Waals surface area contributed by atoms with Crippen LogP contribution in [0.25, 0.3) is 0 Å². The highest BCUT2D eigenvalue weighted by Crippen LogP contribution is 2.22. The maximum absolute atomic E-state index is 13.1. The summed E-state index contributed by atoms with van der Waals surface area (Å²) in [6.07, 6.45) is 0.502. The molecule has 2 aromatic carbocycles. The van der Waals surface area contributed by atoms with Crippen molar-refractivity contribution in [2.75, 3.05) is 6.54 Å². The predicted octanol–water partition coefficient (Wildman–Crippen LogP) is 5.55. The summed E-state index contributed by atoms with van der Waals surface area (Å²) in [7, 11) is 0. The molecular formula is C23H21ClN2O2S. The Kier molecular flexibility index (Phi) is 5.97. The molecule has 1 aliphatic rings. The van der Waals surface area contributed by atoms with Crippen LogP contribution in [0.5, 0.6) is 0 Å². The molecule has 0 saturated heterocycles. The molecule has 3 aromatic rings. The molecule has 1 aromatic heterocycles. The SMILES string of the molecule is Cc1ccc(C2=NO[C@@H](CN(Cc3cccc(Cl)c3)C(=O)c3cccs3)C2)cc1. The monoisotopic (exact) mass is 424 g/mol. The molecule has 0 unspecified atom stereocenters. The summed E-state index contributed by atoms with van der Waals surface area (Å²) in [5.41, 5.74) is 4.17.